The molecule has 3 nitrogen and oxygen atoms in total. The van der Waals surface area contributed by atoms with E-state index in [0.717, 1.165) is 18.4 Å². The molecule has 0 radical (unpaired) electrons. The summed E-state index contributed by atoms with van der Waals surface area (Å²) in [4.78, 5) is 0.668. The predicted octanol–water partition coefficient (Wildman–Crippen LogP) is 2.54. The molecular weight excluding hydrogens is 302 g/mol. The predicted molar refractivity (Wildman–Crippen MR) is 71.9 cm³/mol. The quantitative estimate of drug-likeness (QED) is 0.786. The van der Waals surface area contributed by atoms with Gasteiger partial charge in [0.25, 0.3) is 0 Å². The Bertz CT molecular complexity index is 484. The monoisotopic (exact) mass is 317 g/mol. The van der Waals surface area contributed by atoms with E-state index in [2.05, 4.69) is 15.9 Å². The molecule has 1 unspecified atom stereocenters. The highest BCUT2D eigenvalue weighted by Crippen LogP contribution is 2.23. The SMILES string of the molecule is Cc1ccc(S(=O)(=O)N2CCCC(Br)C2)cc1. The summed E-state index contributed by atoms with van der Waals surface area (Å²) in [6.45, 7) is 3.14. The van der Waals surface area contributed by atoms with E-state index in [4.69, 9.17) is 0 Å². The second-order valence-electron chi connectivity index (χ2n) is 4.42. The number of halogens is 1. The number of hydrogen-bond donors (Lipinski definition) is 0. The Morgan fingerprint density at radius 3 is 2.53 bits per heavy atom. The Labute approximate surface area is 111 Å². The standard InChI is InChI=1S/C12H16BrNO2S/c1-10-4-6-12(7-5-10)17(15,16)14-8-2-3-11(13)9-14/h4-7,11H,2-3,8-9H2,1H3. The largest absolute Gasteiger partial charge is 0.243 e. The first-order chi connectivity index (χ1) is 8.00. The molecule has 0 N–H and O–H groups in total. The van der Waals surface area contributed by atoms with Crippen molar-refractivity contribution in [1.29, 1.82) is 0 Å². The van der Waals surface area contributed by atoms with Crippen LogP contribution < -0.4 is 0 Å². The van der Waals surface area contributed by atoms with Crippen molar-refractivity contribution in [2.75, 3.05) is 13.1 Å². The molecular formula is C12H16BrNO2S. The second-order valence-corrected chi connectivity index (χ2v) is 7.65. The first-order valence-electron chi connectivity index (χ1n) is 5.71. The molecule has 1 aromatic rings. The fraction of sp³-hybridized carbons (Fsp3) is 0.500. The van der Waals surface area contributed by atoms with Gasteiger partial charge in [-0.15, -0.1) is 0 Å². The van der Waals surface area contributed by atoms with Gasteiger partial charge in [-0.2, -0.15) is 4.31 Å². The van der Waals surface area contributed by atoms with Crippen LogP contribution in [0.25, 0.3) is 0 Å². The lowest BCUT2D eigenvalue weighted by atomic mass is 10.2. The van der Waals surface area contributed by atoms with E-state index >= 15 is 0 Å². The minimum Gasteiger partial charge on any atom is -0.207 e. The Kier molecular flexibility index (Phi) is 3.90. The van der Waals surface area contributed by atoms with Gasteiger partial charge in [-0.25, -0.2) is 8.42 Å². The summed E-state index contributed by atoms with van der Waals surface area (Å²) in [5.41, 5.74) is 1.07. The molecule has 0 saturated carbocycles. The molecule has 1 atom stereocenters. The van der Waals surface area contributed by atoms with Crippen molar-refractivity contribution < 1.29 is 8.42 Å². The van der Waals surface area contributed by atoms with Crippen molar-refractivity contribution in [3.8, 4) is 0 Å². The molecule has 0 amide bonds. The molecule has 5 heteroatoms. The van der Waals surface area contributed by atoms with Crippen LogP contribution in [-0.4, -0.2) is 30.6 Å². The lowest BCUT2D eigenvalue weighted by Gasteiger charge is -2.29. The van der Waals surface area contributed by atoms with E-state index < -0.39 is 10.0 Å². The fourth-order valence-corrected chi connectivity index (χ4v) is 4.36. The maximum absolute atomic E-state index is 12.3. The van der Waals surface area contributed by atoms with Gasteiger partial charge in [0.2, 0.25) is 10.0 Å². The molecule has 0 aromatic heterocycles. The summed E-state index contributed by atoms with van der Waals surface area (Å²) in [5.74, 6) is 0. The van der Waals surface area contributed by atoms with Gasteiger partial charge in [-0.05, 0) is 31.9 Å². The van der Waals surface area contributed by atoms with Crippen LogP contribution in [0.2, 0.25) is 0 Å². The molecule has 1 aliphatic heterocycles. The zero-order valence-electron chi connectivity index (χ0n) is 9.77. The molecule has 1 aromatic carbocycles. The number of aryl methyl sites for hydroxylation is 1. The van der Waals surface area contributed by atoms with Gasteiger partial charge in [0, 0.05) is 17.9 Å². The van der Waals surface area contributed by atoms with Crippen molar-refractivity contribution in [3.05, 3.63) is 29.8 Å². The van der Waals surface area contributed by atoms with Crippen molar-refractivity contribution in [3.63, 3.8) is 0 Å². The third kappa shape index (κ3) is 2.89. The molecule has 94 valence electrons. The van der Waals surface area contributed by atoms with E-state index in [1.807, 2.05) is 19.1 Å². The van der Waals surface area contributed by atoms with Crippen molar-refractivity contribution in [1.82, 2.24) is 4.31 Å². The van der Waals surface area contributed by atoms with Gasteiger partial charge in [0.15, 0.2) is 0 Å². The molecule has 1 heterocycles. The van der Waals surface area contributed by atoms with Crippen LogP contribution >= 0.6 is 15.9 Å². The number of nitrogens with zero attached hydrogens (tertiary/aromatic N) is 1. The third-order valence-electron chi connectivity index (χ3n) is 2.99. The average molecular weight is 318 g/mol. The number of alkyl halides is 1. The van der Waals surface area contributed by atoms with Gasteiger partial charge >= 0.3 is 0 Å². The van der Waals surface area contributed by atoms with Crippen LogP contribution in [-0.2, 0) is 10.0 Å². The number of benzene rings is 1. The summed E-state index contributed by atoms with van der Waals surface area (Å²) in [5, 5.41) is 0. The summed E-state index contributed by atoms with van der Waals surface area (Å²) in [7, 11) is -3.31. The van der Waals surface area contributed by atoms with Crippen LogP contribution in [0.1, 0.15) is 18.4 Å². The summed E-state index contributed by atoms with van der Waals surface area (Å²) in [6, 6.07) is 7.04. The van der Waals surface area contributed by atoms with E-state index in [9.17, 15) is 8.42 Å². The minimum absolute atomic E-state index is 0.275. The molecule has 2 rings (SSSR count). The first-order valence-corrected chi connectivity index (χ1v) is 8.06. The van der Waals surface area contributed by atoms with Gasteiger partial charge in [-0.1, -0.05) is 33.6 Å². The molecule has 1 saturated heterocycles. The highest BCUT2D eigenvalue weighted by Gasteiger charge is 2.28. The maximum Gasteiger partial charge on any atom is 0.243 e. The van der Waals surface area contributed by atoms with Crippen LogP contribution in [0.5, 0.6) is 0 Å². The number of hydrogen-bond acceptors (Lipinski definition) is 2. The lowest BCUT2D eigenvalue weighted by Crippen LogP contribution is -2.40. The molecule has 0 bridgehead atoms. The molecule has 1 fully saturated rings. The molecule has 0 aliphatic carbocycles. The Morgan fingerprint density at radius 2 is 1.94 bits per heavy atom. The van der Waals surface area contributed by atoms with E-state index in [-0.39, 0.29) is 4.83 Å². The van der Waals surface area contributed by atoms with E-state index in [0.29, 0.717) is 18.0 Å². The van der Waals surface area contributed by atoms with Crippen LogP contribution in [0, 0.1) is 6.92 Å². The first kappa shape index (κ1) is 13.1. The van der Waals surface area contributed by atoms with Gasteiger partial charge in [0.05, 0.1) is 4.90 Å². The van der Waals surface area contributed by atoms with Crippen LogP contribution in [0.3, 0.4) is 0 Å². The number of rotatable bonds is 2. The Hall–Kier alpha value is -0.390. The molecule has 1 aliphatic rings. The second kappa shape index (κ2) is 5.08. The fourth-order valence-electron chi connectivity index (χ4n) is 1.97. The third-order valence-corrected chi connectivity index (χ3v) is 5.61. The van der Waals surface area contributed by atoms with E-state index in [1.165, 1.54) is 0 Å². The normalized spacial score (nSPS) is 22.6. The smallest absolute Gasteiger partial charge is 0.207 e. The van der Waals surface area contributed by atoms with Gasteiger partial charge < -0.3 is 0 Å². The lowest BCUT2D eigenvalue weighted by molar-refractivity contribution is 0.356. The zero-order chi connectivity index (χ0) is 12.5. The zero-order valence-corrected chi connectivity index (χ0v) is 12.2. The van der Waals surface area contributed by atoms with E-state index in [1.54, 1.807) is 16.4 Å². The summed E-state index contributed by atoms with van der Waals surface area (Å²) < 4.78 is 26.3. The highest BCUT2D eigenvalue weighted by atomic mass is 79.9. The maximum atomic E-state index is 12.3. The van der Waals surface area contributed by atoms with Crippen LogP contribution in [0.15, 0.2) is 29.2 Å². The summed E-state index contributed by atoms with van der Waals surface area (Å²) >= 11 is 3.50. The van der Waals surface area contributed by atoms with Gasteiger partial charge in [0.1, 0.15) is 0 Å². The van der Waals surface area contributed by atoms with Crippen molar-refractivity contribution >= 4 is 26.0 Å². The van der Waals surface area contributed by atoms with Crippen molar-refractivity contribution in [2.45, 2.75) is 29.5 Å². The molecule has 0 spiro atoms. The highest BCUT2D eigenvalue weighted by molar-refractivity contribution is 9.09. The van der Waals surface area contributed by atoms with Gasteiger partial charge in [-0.3, -0.25) is 0 Å². The number of sulfonamides is 1. The average Bonchev–Trinajstić information content (AvgIpc) is 2.29. The number of piperidine rings is 1. The summed E-state index contributed by atoms with van der Waals surface area (Å²) in [6.07, 6.45) is 1.96. The molecule has 17 heavy (non-hydrogen) atoms. The Balaban J connectivity index is 2.26. The van der Waals surface area contributed by atoms with Crippen LogP contribution in [0.4, 0.5) is 0 Å². The minimum atomic E-state index is -3.31. The Morgan fingerprint density at radius 1 is 1.29 bits per heavy atom. The topological polar surface area (TPSA) is 37.4 Å². The van der Waals surface area contributed by atoms with Crippen molar-refractivity contribution in [2.24, 2.45) is 0 Å².